The molecule has 1 atom stereocenters. The number of rotatable bonds is 7. The number of nitrogens with zero attached hydrogens (tertiary/aromatic N) is 1. The van der Waals surface area contributed by atoms with Crippen molar-refractivity contribution in [3.05, 3.63) is 12.1 Å². The van der Waals surface area contributed by atoms with Gasteiger partial charge >= 0.3 is 6.03 Å². The molecule has 2 amide bonds. The van der Waals surface area contributed by atoms with Gasteiger partial charge in [0.1, 0.15) is 0 Å². The molecule has 3 rings (SSSR count). The van der Waals surface area contributed by atoms with Crippen LogP contribution in [0.15, 0.2) is 12.1 Å². The van der Waals surface area contributed by atoms with Crippen LogP contribution in [0.3, 0.4) is 0 Å². The Morgan fingerprint density at radius 1 is 1.12 bits per heavy atom. The molecule has 1 saturated carbocycles. The summed E-state index contributed by atoms with van der Waals surface area (Å²) in [5.74, 6) is 2.24. The Bertz CT molecular complexity index is 592. The Hall–Kier alpha value is -2.15. The van der Waals surface area contributed by atoms with Gasteiger partial charge in [-0.05, 0) is 25.2 Å². The average Bonchev–Trinajstić information content (AvgIpc) is 3.34. The Morgan fingerprint density at radius 3 is 2.36 bits per heavy atom. The number of methoxy groups -OCH3 is 3. The second-order valence-electron chi connectivity index (χ2n) is 6.48. The molecular weight excluding hydrogens is 324 g/mol. The quantitative estimate of drug-likeness (QED) is 0.819. The van der Waals surface area contributed by atoms with Gasteiger partial charge in [-0.3, -0.25) is 0 Å². The molecule has 2 aliphatic rings. The van der Waals surface area contributed by atoms with Crippen LogP contribution in [-0.4, -0.2) is 58.1 Å². The van der Waals surface area contributed by atoms with Gasteiger partial charge in [0, 0.05) is 31.8 Å². The average molecular weight is 350 g/mol. The third-order valence-corrected chi connectivity index (χ3v) is 4.61. The van der Waals surface area contributed by atoms with Gasteiger partial charge in [-0.2, -0.15) is 0 Å². The van der Waals surface area contributed by atoms with Gasteiger partial charge < -0.3 is 29.2 Å². The number of nitrogens with one attached hydrogen (secondary N) is 1. The zero-order valence-electron chi connectivity index (χ0n) is 15.0. The van der Waals surface area contributed by atoms with E-state index in [-0.39, 0.29) is 12.1 Å². The summed E-state index contributed by atoms with van der Waals surface area (Å²) in [6.45, 7) is 2.15. The number of urea groups is 1. The maximum atomic E-state index is 12.5. The highest BCUT2D eigenvalue weighted by atomic mass is 16.5. The summed E-state index contributed by atoms with van der Waals surface area (Å²) >= 11 is 0. The van der Waals surface area contributed by atoms with Gasteiger partial charge in [0.2, 0.25) is 5.75 Å². The normalized spacial score (nSPS) is 19.6. The molecule has 1 heterocycles. The smallest absolute Gasteiger partial charge is 0.321 e. The molecule has 1 aliphatic carbocycles. The van der Waals surface area contributed by atoms with Crippen LogP contribution in [0.1, 0.15) is 19.3 Å². The number of ether oxygens (including phenoxy) is 4. The highest BCUT2D eigenvalue weighted by Crippen LogP contribution is 2.40. The minimum atomic E-state index is -0.146. The Labute approximate surface area is 148 Å². The van der Waals surface area contributed by atoms with Crippen LogP contribution in [0.5, 0.6) is 17.2 Å². The predicted molar refractivity (Wildman–Crippen MR) is 93.8 cm³/mol. The Kier molecular flexibility index (Phi) is 5.53. The number of hydrogen-bond donors (Lipinski definition) is 1. The molecule has 1 aromatic carbocycles. The maximum Gasteiger partial charge on any atom is 0.321 e. The van der Waals surface area contributed by atoms with E-state index in [0.29, 0.717) is 36.0 Å². The molecule has 7 heteroatoms. The first-order valence-corrected chi connectivity index (χ1v) is 8.62. The summed E-state index contributed by atoms with van der Waals surface area (Å²) in [6, 6.07) is 3.29. The number of hydrogen-bond acceptors (Lipinski definition) is 5. The lowest BCUT2D eigenvalue weighted by molar-refractivity contribution is 0.0542. The molecule has 0 aromatic heterocycles. The minimum absolute atomic E-state index is 0.145. The van der Waals surface area contributed by atoms with E-state index < -0.39 is 0 Å². The van der Waals surface area contributed by atoms with Crippen molar-refractivity contribution in [2.24, 2.45) is 5.92 Å². The van der Waals surface area contributed by atoms with E-state index in [9.17, 15) is 4.79 Å². The first-order chi connectivity index (χ1) is 12.1. The molecular formula is C18H26N2O5. The topological polar surface area (TPSA) is 69.3 Å². The van der Waals surface area contributed by atoms with E-state index in [1.807, 2.05) is 0 Å². The predicted octanol–water partition coefficient (Wildman–Crippen LogP) is 2.75. The van der Waals surface area contributed by atoms with E-state index in [4.69, 9.17) is 18.9 Å². The molecule has 0 radical (unpaired) electrons. The standard InChI is InChI=1S/C18H26N2O5/c1-22-15-8-13(9-16(23-2)17(15)24-3)19-18(21)20-7-6-14(10-20)25-11-12-4-5-12/h8-9,12,14H,4-7,10-11H2,1-3H3,(H,19,21). The summed E-state index contributed by atoms with van der Waals surface area (Å²) in [7, 11) is 4.64. The Balaban J connectivity index is 1.60. The van der Waals surface area contributed by atoms with Crippen molar-refractivity contribution in [3.8, 4) is 17.2 Å². The highest BCUT2D eigenvalue weighted by Gasteiger charge is 2.29. The molecule has 7 nitrogen and oxygen atoms in total. The number of amides is 2. The molecule has 25 heavy (non-hydrogen) atoms. The highest BCUT2D eigenvalue weighted by molar-refractivity contribution is 5.90. The van der Waals surface area contributed by atoms with Crippen molar-refractivity contribution in [2.75, 3.05) is 46.3 Å². The SMILES string of the molecule is COc1cc(NC(=O)N2CCC(OCC3CC3)C2)cc(OC)c1OC. The van der Waals surface area contributed by atoms with Crippen LogP contribution < -0.4 is 19.5 Å². The van der Waals surface area contributed by atoms with Gasteiger partial charge in [-0.1, -0.05) is 0 Å². The van der Waals surface area contributed by atoms with Gasteiger partial charge in [-0.15, -0.1) is 0 Å². The van der Waals surface area contributed by atoms with Gasteiger partial charge in [-0.25, -0.2) is 4.79 Å². The molecule has 0 bridgehead atoms. The van der Waals surface area contributed by atoms with Gasteiger partial charge in [0.15, 0.2) is 11.5 Å². The van der Waals surface area contributed by atoms with Crippen LogP contribution >= 0.6 is 0 Å². The molecule has 1 aromatic rings. The molecule has 1 saturated heterocycles. The molecule has 0 spiro atoms. The zero-order chi connectivity index (χ0) is 17.8. The summed E-state index contributed by atoms with van der Waals surface area (Å²) in [6.07, 6.45) is 3.58. The fraction of sp³-hybridized carbons (Fsp3) is 0.611. The van der Waals surface area contributed by atoms with Crippen molar-refractivity contribution in [1.29, 1.82) is 0 Å². The van der Waals surface area contributed by atoms with Crippen molar-refractivity contribution in [2.45, 2.75) is 25.4 Å². The van der Waals surface area contributed by atoms with Crippen LogP contribution in [0, 0.1) is 5.92 Å². The third-order valence-electron chi connectivity index (χ3n) is 4.61. The minimum Gasteiger partial charge on any atom is -0.493 e. The molecule has 2 fully saturated rings. The lowest BCUT2D eigenvalue weighted by Crippen LogP contribution is -2.34. The lowest BCUT2D eigenvalue weighted by atomic mass is 10.2. The molecule has 1 aliphatic heterocycles. The van der Waals surface area contributed by atoms with Crippen molar-refractivity contribution in [3.63, 3.8) is 0 Å². The van der Waals surface area contributed by atoms with E-state index in [0.717, 1.165) is 18.9 Å². The van der Waals surface area contributed by atoms with Crippen LogP contribution in [0.25, 0.3) is 0 Å². The number of carbonyl (C=O) groups excluding carboxylic acids is 1. The van der Waals surface area contributed by atoms with Crippen molar-refractivity contribution < 1.29 is 23.7 Å². The summed E-state index contributed by atoms with van der Waals surface area (Å²) in [5, 5.41) is 2.90. The number of carbonyl (C=O) groups is 1. The Morgan fingerprint density at radius 2 is 1.80 bits per heavy atom. The number of likely N-dealkylation sites (tertiary alicyclic amines) is 1. The van der Waals surface area contributed by atoms with Crippen LogP contribution in [-0.2, 0) is 4.74 Å². The summed E-state index contributed by atoms with van der Waals surface area (Å²) < 4.78 is 21.8. The van der Waals surface area contributed by atoms with Gasteiger partial charge in [0.25, 0.3) is 0 Å². The first-order valence-electron chi connectivity index (χ1n) is 8.62. The molecule has 1 unspecified atom stereocenters. The van der Waals surface area contributed by atoms with E-state index in [1.165, 1.54) is 12.8 Å². The second-order valence-corrected chi connectivity index (χ2v) is 6.48. The number of anilines is 1. The third kappa shape index (κ3) is 4.28. The monoisotopic (exact) mass is 350 g/mol. The fourth-order valence-corrected chi connectivity index (χ4v) is 2.96. The van der Waals surface area contributed by atoms with Crippen LogP contribution in [0.4, 0.5) is 10.5 Å². The lowest BCUT2D eigenvalue weighted by Gasteiger charge is -2.19. The second kappa shape index (κ2) is 7.82. The van der Waals surface area contributed by atoms with Gasteiger partial charge in [0.05, 0.1) is 33.1 Å². The largest absolute Gasteiger partial charge is 0.493 e. The van der Waals surface area contributed by atoms with Crippen molar-refractivity contribution >= 4 is 11.7 Å². The number of benzene rings is 1. The van der Waals surface area contributed by atoms with E-state index in [1.54, 1.807) is 38.4 Å². The molecule has 138 valence electrons. The maximum absolute atomic E-state index is 12.5. The summed E-state index contributed by atoms with van der Waals surface area (Å²) in [5.41, 5.74) is 0.599. The van der Waals surface area contributed by atoms with Crippen molar-refractivity contribution in [1.82, 2.24) is 4.90 Å². The molecule has 1 N–H and O–H groups in total. The van der Waals surface area contributed by atoms with E-state index >= 15 is 0 Å². The zero-order valence-corrected chi connectivity index (χ0v) is 15.0. The van der Waals surface area contributed by atoms with Crippen LogP contribution in [0.2, 0.25) is 0 Å². The van der Waals surface area contributed by atoms with E-state index in [2.05, 4.69) is 5.32 Å². The first kappa shape index (κ1) is 17.7. The fourth-order valence-electron chi connectivity index (χ4n) is 2.96. The summed E-state index contributed by atoms with van der Waals surface area (Å²) in [4.78, 5) is 14.3.